The van der Waals surface area contributed by atoms with Crippen LogP contribution in [0.1, 0.15) is 13.8 Å². The Morgan fingerprint density at radius 1 is 0.947 bits per heavy atom. The summed E-state index contributed by atoms with van der Waals surface area (Å²) < 4.78 is 39.9. The van der Waals surface area contributed by atoms with Crippen LogP contribution in [0.3, 0.4) is 0 Å². The Labute approximate surface area is 145 Å². The average molecular weight is 342 g/mol. The van der Waals surface area contributed by atoms with Crippen LogP contribution in [0.4, 0.5) is 9.59 Å². The fourth-order valence-electron chi connectivity index (χ4n) is 0.497. The van der Waals surface area contributed by atoms with Gasteiger partial charge in [-0.05, 0) is 36.0 Å². The summed E-state index contributed by atoms with van der Waals surface area (Å²) >= 11 is -4.59. The minimum absolute atomic E-state index is 0. The van der Waals surface area contributed by atoms with Crippen LogP contribution < -0.4 is 22.1 Å². The van der Waals surface area contributed by atoms with Gasteiger partial charge in [-0.3, -0.25) is 8.42 Å². The molecule has 108 valence electrons. The van der Waals surface area contributed by atoms with E-state index in [1.807, 2.05) is 10.6 Å². The molecule has 0 saturated carbocycles. The molecule has 0 aromatic rings. The molecule has 0 aromatic carbocycles. The first-order valence-corrected chi connectivity index (χ1v) is 6.63. The van der Waals surface area contributed by atoms with E-state index in [-0.39, 0.29) is 37.7 Å². The van der Waals surface area contributed by atoms with Gasteiger partial charge in [0.2, 0.25) is 0 Å². The smallest absolute Gasteiger partial charge is 0.771 e. The molecule has 0 bridgehead atoms. The van der Waals surface area contributed by atoms with Gasteiger partial charge in [0.25, 0.3) is 0 Å². The molecule has 0 radical (unpaired) electrons. The molecular weight excluding hydrogens is 328 g/mol. The van der Waals surface area contributed by atoms with Gasteiger partial charge in [0.05, 0.1) is 10.7 Å². The Hall–Kier alpha value is 0.0197. The monoisotopic (exact) mass is 342 g/mol. The normalized spacial score (nSPS) is 15.4. The minimum atomic E-state index is -2.29. The minimum Gasteiger partial charge on any atom is -0.771 e. The zero-order valence-electron chi connectivity index (χ0n) is 10.3. The zero-order valence-corrected chi connectivity index (χ0v) is 14.1. The number of nitrogens with two attached hydrogens (primary N) is 2. The van der Waals surface area contributed by atoms with Crippen LogP contribution in [0.5, 0.6) is 0 Å². The summed E-state index contributed by atoms with van der Waals surface area (Å²) in [5, 5.41) is 2.11. The molecular formula is C6H14CaN4O6S2. The predicted molar refractivity (Wildman–Crippen MR) is 68.0 cm³/mol. The molecule has 0 heterocycles. The molecule has 0 fully saturated rings. The van der Waals surface area contributed by atoms with Gasteiger partial charge in [-0.2, -0.15) is 0 Å². The summed E-state index contributed by atoms with van der Waals surface area (Å²) in [7, 11) is 0. The Bertz CT molecular complexity index is 312. The van der Waals surface area contributed by atoms with Crippen LogP contribution in [0.25, 0.3) is 0 Å². The summed E-state index contributed by atoms with van der Waals surface area (Å²) in [6.07, 6.45) is 0. The maximum atomic E-state index is 9.96. The number of carbonyl (C=O) groups is 2. The molecule has 0 saturated heterocycles. The van der Waals surface area contributed by atoms with Crippen molar-refractivity contribution in [3.63, 3.8) is 0 Å². The quantitative estimate of drug-likeness (QED) is 0.319. The van der Waals surface area contributed by atoms with E-state index in [1.54, 1.807) is 0 Å². The Kier molecular flexibility index (Phi) is 16.5. The second-order valence-electron chi connectivity index (χ2n) is 2.82. The van der Waals surface area contributed by atoms with E-state index >= 15 is 0 Å². The summed E-state index contributed by atoms with van der Waals surface area (Å²) in [5.74, 6) is 0. The van der Waals surface area contributed by atoms with Gasteiger partial charge in [-0.25, -0.2) is 9.59 Å². The molecule has 0 aliphatic carbocycles. The van der Waals surface area contributed by atoms with Gasteiger partial charge < -0.3 is 31.2 Å². The molecule has 0 rings (SSSR count). The average Bonchev–Trinajstić information content (AvgIpc) is 2.16. The molecule has 13 heteroatoms. The van der Waals surface area contributed by atoms with E-state index in [0.717, 1.165) is 0 Å². The van der Waals surface area contributed by atoms with Gasteiger partial charge in [0, 0.05) is 0 Å². The van der Waals surface area contributed by atoms with Crippen LogP contribution in [-0.4, -0.2) is 78.1 Å². The van der Waals surface area contributed by atoms with Crippen molar-refractivity contribution in [1.82, 2.24) is 10.6 Å². The van der Waals surface area contributed by atoms with E-state index in [4.69, 9.17) is 0 Å². The van der Waals surface area contributed by atoms with Gasteiger partial charge >= 0.3 is 49.8 Å². The van der Waals surface area contributed by atoms with Gasteiger partial charge in [-0.15, -0.1) is 0 Å². The van der Waals surface area contributed by atoms with Crippen molar-refractivity contribution in [1.29, 1.82) is 0 Å². The second kappa shape index (κ2) is 13.0. The standard InChI is InChI=1S/2C3H8N2O3S.Ca/c2*1-2(9(7)8)5-3(4)6;/h2*2H,1H3,(H,7,8)(H3,4,5,6);/q;;+2/p-2. The maximum absolute atomic E-state index is 9.96. The molecule has 0 aliphatic rings. The summed E-state index contributed by atoms with van der Waals surface area (Å²) in [6, 6.07) is -1.68. The van der Waals surface area contributed by atoms with E-state index < -0.39 is 45.0 Å². The first-order chi connectivity index (χ1) is 8.07. The molecule has 4 unspecified atom stereocenters. The third kappa shape index (κ3) is 18.0. The second-order valence-corrected chi connectivity index (χ2v) is 5.28. The number of nitrogens with one attached hydrogen (secondary N) is 2. The SMILES string of the molecule is CC(NC(N)=O)S(=O)[O-].CC(NC(N)=O)S(=O)[O-].[Ca+2]. The first kappa shape index (κ1) is 24.1. The molecule has 10 nitrogen and oxygen atoms in total. The number of primary amides is 2. The molecule has 0 aliphatic heterocycles. The van der Waals surface area contributed by atoms with Crippen molar-refractivity contribution < 1.29 is 27.1 Å². The van der Waals surface area contributed by atoms with Gasteiger partial charge in [0.1, 0.15) is 0 Å². The van der Waals surface area contributed by atoms with Crippen molar-refractivity contribution in [2.24, 2.45) is 11.5 Å². The topological polar surface area (TPSA) is 190 Å². The molecule has 4 atom stereocenters. The third-order valence-electron chi connectivity index (χ3n) is 1.27. The molecule has 0 spiro atoms. The first-order valence-electron chi connectivity index (χ1n) is 4.36. The van der Waals surface area contributed by atoms with Crippen molar-refractivity contribution in [3.05, 3.63) is 0 Å². The van der Waals surface area contributed by atoms with Crippen molar-refractivity contribution in [2.75, 3.05) is 0 Å². The van der Waals surface area contributed by atoms with Gasteiger partial charge in [-0.1, -0.05) is 0 Å². The van der Waals surface area contributed by atoms with Crippen molar-refractivity contribution >= 4 is 72.0 Å². The fraction of sp³-hybridized carbons (Fsp3) is 0.667. The Morgan fingerprint density at radius 3 is 1.21 bits per heavy atom. The predicted octanol–water partition coefficient (Wildman–Crippen LogP) is -2.62. The van der Waals surface area contributed by atoms with E-state index in [2.05, 4.69) is 11.5 Å². The summed E-state index contributed by atoms with van der Waals surface area (Å²) in [6.45, 7) is 2.63. The number of hydrogen-bond acceptors (Lipinski definition) is 6. The van der Waals surface area contributed by atoms with Crippen LogP contribution in [0.2, 0.25) is 0 Å². The van der Waals surface area contributed by atoms with Crippen molar-refractivity contribution in [3.8, 4) is 0 Å². The van der Waals surface area contributed by atoms with Crippen LogP contribution in [-0.2, 0) is 22.2 Å². The van der Waals surface area contributed by atoms with E-state index in [0.29, 0.717) is 0 Å². The van der Waals surface area contributed by atoms with E-state index in [9.17, 15) is 27.1 Å². The van der Waals surface area contributed by atoms with Crippen LogP contribution in [0.15, 0.2) is 0 Å². The molecule has 4 amide bonds. The Balaban J connectivity index is -0.000000256. The summed E-state index contributed by atoms with van der Waals surface area (Å²) in [4.78, 5) is 19.9. The number of amides is 4. The number of hydrogen-bond donors (Lipinski definition) is 4. The molecule has 6 N–H and O–H groups in total. The van der Waals surface area contributed by atoms with Crippen LogP contribution in [0, 0.1) is 0 Å². The fourth-order valence-corrected chi connectivity index (χ4v) is 0.922. The van der Waals surface area contributed by atoms with Gasteiger partial charge in [0.15, 0.2) is 0 Å². The number of urea groups is 2. The summed E-state index contributed by atoms with van der Waals surface area (Å²) in [5.41, 5.74) is 9.22. The van der Waals surface area contributed by atoms with Crippen LogP contribution >= 0.6 is 0 Å². The number of carbonyl (C=O) groups excluding carboxylic acids is 2. The maximum Gasteiger partial charge on any atom is 2.00 e. The Morgan fingerprint density at radius 2 is 1.16 bits per heavy atom. The molecule has 0 aromatic heterocycles. The van der Waals surface area contributed by atoms with Crippen molar-refractivity contribution in [2.45, 2.75) is 24.6 Å². The van der Waals surface area contributed by atoms with E-state index in [1.165, 1.54) is 13.8 Å². The largest absolute Gasteiger partial charge is 2.00 e. The molecule has 19 heavy (non-hydrogen) atoms. The number of rotatable bonds is 4. The zero-order chi connectivity index (χ0) is 14.9. The third-order valence-corrected chi connectivity index (χ3v) is 2.66.